The first-order chi connectivity index (χ1) is 9.26. The van der Waals surface area contributed by atoms with Crippen LogP contribution in [0, 0.1) is 0 Å². The number of aromatic amines is 1. The summed E-state index contributed by atoms with van der Waals surface area (Å²) >= 11 is 2.07. The highest BCUT2D eigenvalue weighted by Gasteiger charge is 2.24. The van der Waals surface area contributed by atoms with Crippen molar-refractivity contribution >= 4 is 34.0 Å². The summed E-state index contributed by atoms with van der Waals surface area (Å²) in [6, 6.07) is 4.60. The van der Waals surface area contributed by atoms with E-state index < -0.39 is 0 Å². The zero-order valence-electron chi connectivity index (χ0n) is 11.1. The van der Waals surface area contributed by atoms with Crippen LogP contribution in [0.4, 0.5) is 11.4 Å². The fraction of sp³-hybridized carbons (Fsp3) is 0.500. The van der Waals surface area contributed by atoms with Crippen molar-refractivity contribution in [1.82, 2.24) is 10.2 Å². The molecule has 4 nitrogen and oxygen atoms in total. The molecule has 0 saturated heterocycles. The van der Waals surface area contributed by atoms with Gasteiger partial charge in [-0.2, -0.15) is 16.9 Å². The number of benzene rings is 1. The second-order valence-corrected chi connectivity index (χ2v) is 6.71. The zero-order valence-corrected chi connectivity index (χ0v) is 12.0. The standard InChI is InChI=1S/C14H20N4S/c1-2-19-11-4-3-10(6-11)17-14-7-13-9(5-12(14)15)8-16-18-13/h5,7-8,10-11,17H,2-4,6,15H2,1H3,(H,16,18). The molecule has 5 heteroatoms. The molecule has 0 amide bonds. The van der Waals surface area contributed by atoms with Crippen molar-refractivity contribution < 1.29 is 0 Å². The van der Waals surface area contributed by atoms with Crippen LogP contribution in [-0.4, -0.2) is 27.2 Å². The minimum absolute atomic E-state index is 0.548. The number of hydrogen-bond acceptors (Lipinski definition) is 4. The van der Waals surface area contributed by atoms with Crippen molar-refractivity contribution in [2.75, 3.05) is 16.8 Å². The monoisotopic (exact) mass is 276 g/mol. The van der Waals surface area contributed by atoms with Crippen LogP contribution in [0.25, 0.3) is 10.9 Å². The zero-order chi connectivity index (χ0) is 13.2. The number of aromatic nitrogens is 2. The van der Waals surface area contributed by atoms with E-state index in [4.69, 9.17) is 5.73 Å². The Morgan fingerprint density at radius 2 is 2.37 bits per heavy atom. The number of H-pyrrole nitrogens is 1. The molecular weight excluding hydrogens is 256 g/mol. The lowest BCUT2D eigenvalue weighted by atomic mass is 10.1. The molecule has 102 valence electrons. The van der Waals surface area contributed by atoms with Gasteiger partial charge in [-0.1, -0.05) is 6.92 Å². The third-order valence-corrected chi connectivity index (χ3v) is 4.99. The van der Waals surface area contributed by atoms with E-state index in [9.17, 15) is 0 Å². The summed E-state index contributed by atoms with van der Waals surface area (Å²) in [5, 5.41) is 12.5. The number of thioether (sulfide) groups is 1. The van der Waals surface area contributed by atoms with Crippen LogP contribution < -0.4 is 11.1 Å². The smallest absolute Gasteiger partial charge is 0.0672 e. The van der Waals surface area contributed by atoms with Gasteiger partial charge in [-0.05, 0) is 37.1 Å². The molecule has 0 aliphatic heterocycles. The molecular formula is C14H20N4S. The molecule has 1 aromatic heterocycles. The summed E-state index contributed by atoms with van der Waals surface area (Å²) in [5.41, 5.74) is 8.98. The topological polar surface area (TPSA) is 66.7 Å². The maximum absolute atomic E-state index is 6.11. The van der Waals surface area contributed by atoms with Crippen molar-refractivity contribution in [3.63, 3.8) is 0 Å². The Morgan fingerprint density at radius 3 is 3.21 bits per heavy atom. The fourth-order valence-corrected chi connectivity index (χ4v) is 3.95. The van der Waals surface area contributed by atoms with E-state index in [1.807, 2.05) is 6.07 Å². The molecule has 1 fully saturated rings. The number of rotatable bonds is 4. The quantitative estimate of drug-likeness (QED) is 0.750. The largest absolute Gasteiger partial charge is 0.397 e. The van der Waals surface area contributed by atoms with E-state index in [1.54, 1.807) is 6.20 Å². The molecule has 0 spiro atoms. The van der Waals surface area contributed by atoms with Gasteiger partial charge in [0.2, 0.25) is 0 Å². The first-order valence-corrected chi connectivity index (χ1v) is 7.92. The number of nitrogen functional groups attached to an aromatic ring is 1. The lowest BCUT2D eigenvalue weighted by Gasteiger charge is -2.16. The second kappa shape index (κ2) is 5.33. The number of hydrogen-bond donors (Lipinski definition) is 3. The Hall–Kier alpha value is -1.36. The van der Waals surface area contributed by atoms with E-state index in [0.29, 0.717) is 6.04 Å². The third-order valence-electron chi connectivity index (χ3n) is 3.76. The van der Waals surface area contributed by atoms with Gasteiger partial charge in [0.05, 0.1) is 23.1 Å². The Kier molecular flexibility index (Phi) is 3.55. The molecule has 1 heterocycles. The van der Waals surface area contributed by atoms with Gasteiger partial charge in [0.25, 0.3) is 0 Å². The van der Waals surface area contributed by atoms with E-state index >= 15 is 0 Å². The van der Waals surface area contributed by atoms with Gasteiger partial charge < -0.3 is 11.1 Å². The van der Waals surface area contributed by atoms with Crippen LogP contribution in [0.3, 0.4) is 0 Å². The Balaban J connectivity index is 1.73. The summed E-state index contributed by atoms with van der Waals surface area (Å²) in [6.07, 6.45) is 5.58. The van der Waals surface area contributed by atoms with Gasteiger partial charge in [0.15, 0.2) is 0 Å². The van der Waals surface area contributed by atoms with Crippen LogP contribution in [0.15, 0.2) is 18.3 Å². The highest BCUT2D eigenvalue weighted by Crippen LogP contribution is 2.33. The van der Waals surface area contributed by atoms with Gasteiger partial charge in [-0.15, -0.1) is 0 Å². The van der Waals surface area contributed by atoms with Crippen LogP contribution in [-0.2, 0) is 0 Å². The molecule has 1 aliphatic rings. The number of nitrogens with zero attached hydrogens (tertiary/aromatic N) is 1. The molecule has 1 aliphatic carbocycles. The minimum Gasteiger partial charge on any atom is -0.397 e. The first-order valence-electron chi connectivity index (χ1n) is 6.87. The predicted molar refractivity (Wildman–Crippen MR) is 83.7 cm³/mol. The number of fused-ring (bicyclic) bond motifs is 1. The van der Waals surface area contributed by atoms with E-state index in [-0.39, 0.29) is 0 Å². The van der Waals surface area contributed by atoms with Crippen molar-refractivity contribution in [2.24, 2.45) is 0 Å². The van der Waals surface area contributed by atoms with E-state index in [1.165, 1.54) is 25.0 Å². The maximum Gasteiger partial charge on any atom is 0.0672 e. The number of nitrogens with one attached hydrogen (secondary N) is 2. The highest BCUT2D eigenvalue weighted by molar-refractivity contribution is 7.99. The normalized spacial score (nSPS) is 23.0. The van der Waals surface area contributed by atoms with Gasteiger partial charge in [-0.25, -0.2) is 0 Å². The summed E-state index contributed by atoms with van der Waals surface area (Å²) < 4.78 is 0. The van der Waals surface area contributed by atoms with Crippen LogP contribution in [0.1, 0.15) is 26.2 Å². The van der Waals surface area contributed by atoms with Crippen LogP contribution >= 0.6 is 11.8 Å². The van der Waals surface area contributed by atoms with Gasteiger partial charge in [0, 0.05) is 16.7 Å². The lowest BCUT2D eigenvalue weighted by molar-refractivity contribution is 0.757. The maximum atomic E-state index is 6.11. The molecule has 2 atom stereocenters. The average Bonchev–Trinajstić information content (AvgIpc) is 2.99. The third kappa shape index (κ3) is 2.66. The minimum atomic E-state index is 0.548. The Labute approximate surface area is 117 Å². The molecule has 19 heavy (non-hydrogen) atoms. The van der Waals surface area contributed by atoms with Gasteiger partial charge in [0.1, 0.15) is 0 Å². The molecule has 0 radical (unpaired) electrons. The second-order valence-electron chi connectivity index (χ2n) is 5.13. The molecule has 1 saturated carbocycles. The molecule has 1 aromatic carbocycles. The van der Waals surface area contributed by atoms with Gasteiger partial charge in [-0.3, -0.25) is 5.10 Å². The first kappa shape index (κ1) is 12.7. The molecule has 3 rings (SSSR count). The summed E-state index contributed by atoms with van der Waals surface area (Å²) in [6.45, 7) is 2.23. The summed E-state index contributed by atoms with van der Waals surface area (Å²) in [4.78, 5) is 0. The van der Waals surface area contributed by atoms with E-state index in [0.717, 1.165) is 27.5 Å². The molecule has 2 unspecified atom stereocenters. The average molecular weight is 276 g/mol. The Morgan fingerprint density at radius 1 is 1.47 bits per heavy atom. The fourth-order valence-electron chi connectivity index (χ4n) is 2.81. The van der Waals surface area contributed by atoms with Crippen molar-refractivity contribution in [2.45, 2.75) is 37.5 Å². The number of anilines is 2. The van der Waals surface area contributed by atoms with Crippen LogP contribution in [0.5, 0.6) is 0 Å². The van der Waals surface area contributed by atoms with E-state index in [2.05, 4.69) is 40.3 Å². The molecule has 2 aromatic rings. The lowest BCUT2D eigenvalue weighted by Crippen LogP contribution is -2.17. The van der Waals surface area contributed by atoms with Crippen molar-refractivity contribution in [1.29, 1.82) is 0 Å². The van der Waals surface area contributed by atoms with Crippen molar-refractivity contribution in [3.8, 4) is 0 Å². The van der Waals surface area contributed by atoms with Crippen LogP contribution in [0.2, 0.25) is 0 Å². The molecule has 4 N–H and O–H groups in total. The Bertz CT molecular complexity index is 566. The SMILES string of the molecule is CCSC1CCC(Nc2cc3[nH]ncc3cc2N)C1. The van der Waals surface area contributed by atoms with Crippen molar-refractivity contribution in [3.05, 3.63) is 18.3 Å². The molecule has 0 bridgehead atoms. The summed E-state index contributed by atoms with van der Waals surface area (Å²) in [7, 11) is 0. The predicted octanol–water partition coefficient (Wildman–Crippen LogP) is 3.23. The van der Waals surface area contributed by atoms with Gasteiger partial charge >= 0.3 is 0 Å². The summed E-state index contributed by atoms with van der Waals surface area (Å²) in [5.74, 6) is 1.21. The number of nitrogens with two attached hydrogens (primary N) is 1. The highest BCUT2D eigenvalue weighted by atomic mass is 32.2.